The van der Waals surface area contributed by atoms with E-state index in [1.54, 1.807) is 0 Å². The van der Waals surface area contributed by atoms with Crippen LogP contribution in [0.1, 0.15) is 6.42 Å². The van der Waals surface area contributed by atoms with E-state index >= 15 is 0 Å². The van der Waals surface area contributed by atoms with Gasteiger partial charge < -0.3 is 10.0 Å². The summed E-state index contributed by atoms with van der Waals surface area (Å²) >= 11 is 0. The molecular formula is C11H13F2NO3S. The van der Waals surface area contributed by atoms with Crippen molar-refractivity contribution >= 4 is 15.5 Å². The van der Waals surface area contributed by atoms with Gasteiger partial charge in [-0.15, -0.1) is 0 Å². The summed E-state index contributed by atoms with van der Waals surface area (Å²) < 4.78 is 47.1. The summed E-state index contributed by atoms with van der Waals surface area (Å²) in [5, 5.41) is 9.38. The van der Waals surface area contributed by atoms with Gasteiger partial charge in [0.15, 0.2) is 0 Å². The van der Waals surface area contributed by atoms with Gasteiger partial charge in [0.05, 0.1) is 11.0 Å². The van der Waals surface area contributed by atoms with Gasteiger partial charge in [0.25, 0.3) is 0 Å². The summed E-state index contributed by atoms with van der Waals surface area (Å²) in [5.41, 5.74) is 0.722. The molecule has 0 radical (unpaired) electrons. The molecule has 7 heteroatoms. The van der Waals surface area contributed by atoms with Crippen molar-refractivity contribution in [3.8, 4) is 0 Å². The fourth-order valence-electron chi connectivity index (χ4n) is 1.93. The molecule has 0 saturated carbocycles. The predicted octanol–water partition coefficient (Wildman–Crippen LogP) is 1.25. The molecule has 1 heterocycles. The second-order valence-electron chi connectivity index (χ2n) is 4.19. The van der Waals surface area contributed by atoms with E-state index in [-0.39, 0.29) is 4.90 Å². The standard InChI is InChI=1S/C11H13F2NO3S/c12-11(13)18(16,17)10-3-1-8(2-4-10)14-6-5-9(15)7-14/h1-4,9,11,15H,5-7H2. The van der Waals surface area contributed by atoms with Crippen molar-refractivity contribution in [1.29, 1.82) is 0 Å². The molecule has 0 aromatic heterocycles. The predicted molar refractivity (Wildman–Crippen MR) is 62.5 cm³/mol. The largest absolute Gasteiger partial charge is 0.391 e. The zero-order valence-electron chi connectivity index (χ0n) is 9.46. The summed E-state index contributed by atoms with van der Waals surface area (Å²) in [6.45, 7) is 1.14. The number of alkyl halides is 2. The van der Waals surface area contributed by atoms with E-state index in [1.807, 2.05) is 4.90 Å². The molecule has 100 valence electrons. The maximum absolute atomic E-state index is 12.3. The average Bonchev–Trinajstić information content (AvgIpc) is 2.76. The first-order valence-electron chi connectivity index (χ1n) is 5.46. The molecule has 0 bridgehead atoms. The third-order valence-electron chi connectivity index (χ3n) is 2.93. The maximum atomic E-state index is 12.3. The first-order chi connectivity index (χ1) is 8.41. The minimum absolute atomic E-state index is 0.388. The molecule has 0 spiro atoms. The van der Waals surface area contributed by atoms with Crippen LogP contribution in [-0.2, 0) is 9.84 Å². The normalized spacial score (nSPS) is 20.7. The number of β-amino-alcohol motifs (C(OH)–C–C–N with tert-alkyl or cyclic N) is 1. The Kier molecular flexibility index (Phi) is 3.54. The second-order valence-corrected chi connectivity index (χ2v) is 6.11. The number of hydrogen-bond donors (Lipinski definition) is 1. The van der Waals surface area contributed by atoms with Crippen LogP contribution in [0.3, 0.4) is 0 Å². The van der Waals surface area contributed by atoms with Gasteiger partial charge in [0.1, 0.15) is 0 Å². The highest BCUT2D eigenvalue weighted by Crippen LogP contribution is 2.24. The van der Waals surface area contributed by atoms with Crippen LogP contribution in [0.15, 0.2) is 29.2 Å². The highest BCUT2D eigenvalue weighted by Gasteiger charge is 2.27. The number of anilines is 1. The van der Waals surface area contributed by atoms with Gasteiger partial charge >= 0.3 is 5.76 Å². The van der Waals surface area contributed by atoms with Gasteiger partial charge in [0.2, 0.25) is 9.84 Å². The van der Waals surface area contributed by atoms with Gasteiger partial charge in [-0.2, -0.15) is 8.78 Å². The fraction of sp³-hybridized carbons (Fsp3) is 0.455. The van der Waals surface area contributed by atoms with Crippen LogP contribution in [0.4, 0.5) is 14.5 Å². The fourth-order valence-corrected chi connectivity index (χ4v) is 2.65. The summed E-state index contributed by atoms with van der Waals surface area (Å²) in [7, 11) is -4.53. The first-order valence-corrected chi connectivity index (χ1v) is 7.01. The van der Waals surface area contributed by atoms with Gasteiger partial charge in [0, 0.05) is 18.8 Å². The number of benzene rings is 1. The summed E-state index contributed by atoms with van der Waals surface area (Å²) in [4.78, 5) is 1.49. The Labute approximate surface area is 104 Å². The average molecular weight is 277 g/mol. The van der Waals surface area contributed by atoms with Crippen molar-refractivity contribution in [2.45, 2.75) is 23.2 Å². The molecule has 0 aliphatic carbocycles. The molecule has 1 aliphatic heterocycles. The Morgan fingerprint density at radius 3 is 2.33 bits per heavy atom. The van der Waals surface area contributed by atoms with Crippen molar-refractivity contribution in [3.63, 3.8) is 0 Å². The Morgan fingerprint density at radius 2 is 1.89 bits per heavy atom. The molecule has 1 N–H and O–H groups in total. The third-order valence-corrected chi connectivity index (χ3v) is 4.33. The van der Waals surface area contributed by atoms with Crippen molar-refractivity contribution < 1.29 is 22.3 Å². The highest BCUT2D eigenvalue weighted by atomic mass is 32.2. The number of hydrogen-bond acceptors (Lipinski definition) is 4. The van der Waals surface area contributed by atoms with E-state index in [2.05, 4.69) is 0 Å². The van der Waals surface area contributed by atoms with Crippen molar-refractivity contribution in [1.82, 2.24) is 0 Å². The lowest BCUT2D eigenvalue weighted by molar-refractivity contribution is 0.198. The van der Waals surface area contributed by atoms with Crippen LogP contribution < -0.4 is 4.90 Å². The van der Waals surface area contributed by atoms with E-state index in [1.165, 1.54) is 24.3 Å². The van der Waals surface area contributed by atoms with Crippen LogP contribution in [0.5, 0.6) is 0 Å². The molecule has 2 rings (SSSR count). The quantitative estimate of drug-likeness (QED) is 0.903. The van der Waals surface area contributed by atoms with E-state index in [0.717, 1.165) is 5.69 Å². The van der Waals surface area contributed by atoms with E-state index in [9.17, 15) is 22.3 Å². The molecule has 0 amide bonds. The third kappa shape index (κ3) is 2.46. The minimum Gasteiger partial charge on any atom is -0.391 e. The highest BCUT2D eigenvalue weighted by molar-refractivity contribution is 7.91. The SMILES string of the molecule is O=S(=O)(c1ccc(N2CCC(O)C2)cc1)C(F)F. The Morgan fingerprint density at radius 1 is 1.28 bits per heavy atom. The van der Waals surface area contributed by atoms with Crippen LogP contribution >= 0.6 is 0 Å². The number of halogens is 2. The molecule has 1 aliphatic rings. The molecule has 18 heavy (non-hydrogen) atoms. The lowest BCUT2D eigenvalue weighted by atomic mass is 10.3. The summed E-state index contributed by atoms with van der Waals surface area (Å²) in [6.07, 6.45) is 0.256. The number of nitrogens with zero attached hydrogens (tertiary/aromatic N) is 1. The van der Waals surface area contributed by atoms with Crippen molar-refractivity contribution in [2.24, 2.45) is 0 Å². The lowest BCUT2D eigenvalue weighted by Crippen LogP contribution is -2.21. The zero-order valence-corrected chi connectivity index (χ0v) is 10.3. The van der Waals surface area contributed by atoms with Crippen LogP contribution in [-0.4, -0.2) is 38.5 Å². The first kappa shape index (κ1) is 13.2. The lowest BCUT2D eigenvalue weighted by Gasteiger charge is -2.17. The van der Waals surface area contributed by atoms with E-state index < -0.39 is 21.7 Å². The smallest absolute Gasteiger partial charge is 0.341 e. The molecule has 1 unspecified atom stereocenters. The summed E-state index contributed by atoms with van der Waals surface area (Å²) in [5.74, 6) is -3.41. The molecule has 1 aromatic carbocycles. The Bertz CT molecular complexity index is 516. The molecule has 1 saturated heterocycles. The number of aliphatic hydroxyl groups is 1. The Balaban J connectivity index is 2.21. The van der Waals surface area contributed by atoms with E-state index in [0.29, 0.717) is 19.5 Å². The molecule has 4 nitrogen and oxygen atoms in total. The topological polar surface area (TPSA) is 57.6 Å². The maximum Gasteiger partial charge on any atom is 0.341 e. The summed E-state index contributed by atoms with van der Waals surface area (Å²) in [6, 6.07) is 5.30. The van der Waals surface area contributed by atoms with Crippen molar-refractivity contribution in [3.05, 3.63) is 24.3 Å². The van der Waals surface area contributed by atoms with Crippen molar-refractivity contribution in [2.75, 3.05) is 18.0 Å². The monoisotopic (exact) mass is 277 g/mol. The van der Waals surface area contributed by atoms with Gasteiger partial charge in [-0.25, -0.2) is 8.42 Å². The number of rotatable bonds is 3. The van der Waals surface area contributed by atoms with Crippen LogP contribution in [0, 0.1) is 0 Å². The van der Waals surface area contributed by atoms with Crippen LogP contribution in [0.25, 0.3) is 0 Å². The van der Waals surface area contributed by atoms with Gasteiger partial charge in [-0.3, -0.25) is 0 Å². The molecular weight excluding hydrogens is 264 g/mol. The Hall–Kier alpha value is -1.21. The zero-order chi connectivity index (χ0) is 13.3. The molecule has 1 fully saturated rings. The van der Waals surface area contributed by atoms with E-state index in [4.69, 9.17) is 0 Å². The number of aliphatic hydroxyl groups excluding tert-OH is 1. The molecule has 1 atom stereocenters. The molecule has 1 aromatic rings. The van der Waals surface area contributed by atoms with Crippen LogP contribution in [0.2, 0.25) is 0 Å². The minimum atomic E-state index is -4.53. The second kappa shape index (κ2) is 4.81. The van der Waals surface area contributed by atoms with Gasteiger partial charge in [-0.1, -0.05) is 0 Å². The number of sulfone groups is 1. The van der Waals surface area contributed by atoms with Gasteiger partial charge in [-0.05, 0) is 30.7 Å².